The molecule has 2 rings (SSSR count). The molecule has 1 N–H and O–H groups in total. The number of thiazole rings is 1. The van der Waals surface area contributed by atoms with Crippen molar-refractivity contribution in [3.8, 4) is 0 Å². The van der Waals surface area contributed by atoms with Crippen molar-refractivity contribution in [3.63, 3.8) is 0 Å². The van der Waals surface area contributed by atoms with Gasteiger partial charge in [-0.05, 0) is 12.0 Å². The molecule has 1 aromatic carbocycles. The molecule has 0 amide bonds. The highest BCUT2D eigenvalue weighted by atomic mass is 32.1. The summed E-state index contributed by atoms with van der Waals surface area (Å²) in [4.78, 5) is 15.3. The quantitative estimate of drug-likeness (QED) is 0.883. The zero-order valence-corrected chi connectivity index (χ0v) is 10.1. The van der Waals surface area contributed by atoms with Crippen molar-refractivity contribution in [2.45, 2.75) is 12.8 Å². The Kier molecular flexibility index (Phi) is 3.88. The predicted octanol–water partition coefficient (Wildman–Crippen LogP) is 2.63. The third-order valence-electron chi connectivity index (χ3n) is 2.58. The molecule has 17 heavy (non-hydrogen) atoms. The normalized spacial score (nSPS) is 12.2. The van der Waals surface area contributed by atoms with Gasteiger partial charge in [-0.2, -0.15) is 0 Å². The van der Waals surface area contributed by atoms with E-state index in [4.69, 9.17) is 0 Å². The van der Waals surface area contributed by atoms with Crippen LogP contribution in [0.4, 0.5) is 0 Å². The van der Waals surface area contributed by atoms with Crippen LogP contribution in [-0.2, 0) is 17.6 Å². The number of nitrogens with zero attached hydrogens (tertiary/aromatic N) is 1. The number of hydrogen-bond acceptors (Lipinski definition) is 3. The predicted molar refractivity (Wildman–Crippen MR) is 67.1 cm³/mol. The van der Waals surface area contributed by atoms with Crippen LogP contribution in [0.2, 0.25) is 0 Å². The van der Waals surface area contributed by atoms with Crippen LogP contribution in [0.15, 0.2) is 41.9 Å². The van der Waals surface area contributed by atoms with E-state index in [0.29, 0.717) is 12.8 Å². The molecule has 0 aliphatic carbocycles. The summed E-state index contributed by atoms with van der Waals surface area (Å²) >= 11 is 1.50. The van der Waals surface area contributed by atoms with Crippen molar-refractivity contribution < 1.29 is 9.90 Å². The van der Waals surface area contributed by atoms with Crippen LogP contribution in [0.3, 0.4) is 0 Å². The minimum absolute atomic E-state index is 0.399. The van der Waals surface area contributed by atoms with E-state index >= 15 is 0 Å². The van der Waals surface area contributed by atoms with E-state index in [2.05, 4.69) is 4.98 Å². The fourth-order valence-electron chi connectivity index (χ4n) is 1.71. The Bertz CT molecular complexity index is 467. The molecule has 1 unspecified atom stereocenters. The number of carboxylic acids is 1. The van der Waals surface area contributed by atoms with Gasteiger partial charge in [0.1, 0.15) is 0 Å². The van der Waals surface area contributed by atoms with Gasteiger partial charge < -0.3 is 5.11 Å². The van der Waals surface area contributed by atoms with Gasteiger partial charge in [-0.1, -0.05) is 30.3 Å². The highest BCUT2D eigenvalue weighted by molar-refractivity contribution is 7.09. The van der Waals surface area contributed by atoms with Gasteiger partial charge in [-0.25, -0.2) is 4.98 Å². The highest BCUT2D eigenvalue weighted by Gasteiger charge is 2.19. The van der Waals surface area contributed by atoms with Crippen molar-refractivity contribution in [1.29, 1.82) is 0 Å². The maximum Gasteiger partial charge on any atom is 0.307 e. The first-order valence-electron chi connectivity index (χ1n) is 5.41. The smallest absolute Gasteiger partial charge is 0.307 e. The van der Waals surface area contributed by atoms with Crippen molar-refractivity contribution in [2.24, 2.45) is 5.92 Å². The molecular formula is C13H13NO2S. The largest absolute Gasteiger partial charge is 0.481 e. The van der Waals surface area contributed by atoms with E-state index in [-0.39, 0.29) is 0 Å². The van der Waals surface area contributed by atoms with Crippen molar-refractivity contribution >= 4 is 17.3 Å². The molecule has 1 heterocycles. The molecule has 2 aromatic rings. The van der Waals surface area contributed by atoms with Crippen LogP contribution < -0.4 is 0 Å². The minimum Gasteiger partial charge on any atom is -0.481 e. The van der Waals surface area contributed by atoms with Crippen LogP contribution in [0.25, 0.3) is 0 Å². The number of hydrogen-bond donors (Lipinski definition) is 1. The molecule has 1 aromatic heterocycles. The molecule has 0 radical (unpaired) electrons. The Morgan fingerprint density at radius 3 is 2.65 bits per heavy atom. The Morgan fingerprint density at radius 1 is 1.29 bits per heavy atom. The van der Waals surface area contributed by atoms with E-state index in [1.807, 2.05) is 35.7 Å². The molecular weight excluding hydrogens is 234 g/mol. The van der Waals surface area contributed by atoms with E-state index in [1.165, 1.54) is 11.3 Å². The molecule has 0 spiro atoms. The Balaban J connectivity index is 2.06. The summed E-state index contributed by atoms with van der Waals surface area (Å²) in [5.74, 6) is -1.16. The third-order valence-corrected chi connectivity index (χ3v) is 3.38. The maximum absolute atomic E-state index is 11.2. The Labute approximate surface area is 104 Å². The first-order chi connectivity index (χ1) is 8.25. The van der Waals surface area contributed by atoms with Crippen LogP contribution in [0, 0.1) is 5.92 Å². The number of benzene rings is 1. The Hall–Kier alpha value is -1.68. The molecule has 0 bridgehead atoms. The molecule has 0 aliphatic rings. The molecule has 0 saturated heterocycles. The lowest BCUT2D eigenvalue weighted by atomic mass is 9.97. The van der Waals surface area contributed by atoms with E-state index in [9.17, 15) is 9.90 Å². The Morgan fingerprint density at radius 2 is 2.06 bits per heavy atom. The number of aromatic nitrogens is 1. The molecule has 0 aliphatic heterocycles. The van der Waals surface area contributed by atoms with Gasteiger partial charge >= 0.3 is 5.97 Å². The molecule has 3 nitrogen and oxygen atoms in total. The number of rotatable bonds is 5. The molecule has 88 valence electrons. The summed E-state index contributed by atoms with van der Waals surface area (Å²) in [5.41, 5.74) is 1.05. The van der Waals surface area contributed by atoms with Gasteiger partial charge in [-0.15, -0.1) is 11.3 Å². The zero-order valence-electron chi connectivity index (χ0n) is 9.24. The van der Waals surface area contributed by atoms with Gasteiger partial charge in [0.05, 0.1) is 10.9 Å². The second-order valence-corrected chi connectivity index (χ2v) is 4.83. The SMILES string of the molecule is O=C(O)C(Cc1ccccc1)Cc1nccs1. The zero-order chi connectivity index (χ0) is 12.1. The number of aliphatic carboxylic acids is 1. The first-order valence-corrected chi connectivity index (χ1v) is 6.29. The van der Waals surface area contributed by atoms with Gasteiger partial charge in [0, 0.05) is 18.0 Å². The summed E-state index contributed by atoms with van der Waals surface area (Å²) in [6.45, 7) is 0. The fourth-order valence-corrected chi connectivity index (χ4v) is 2.41. The average Bonchev–Trinajstić information content (AvgIpc) is 2.82. The summed E-state index contributed by atoms with van der Waals surface area (Å²) < 4.78 is 0. The standard InChI is InChI=1S/C13H13NO2S/c15-13(16)11(9-12-14-6-7-17-12)8-10-4-2-1-3-5-10/h1-7,11H,8-9H2,(H,15,16). The second-order valence-electron chi connectivity index (χ2n) is 3.85. The van der Waals surface area contributed by atoms with Crippen LogP contribution >= 0.6 is 11.3 Å². The highest BCUT2D eigenvalue weighted by Crippen LogP contribution is 2.16. The van der Waals surface area contributed by atoms with Gasteiger partial charge in [0.2, 0.25) is 0 Å². The van der Waals surface area contributed by atoms with Gasteiger partial charge in [0.15, 0.2) is 0 Å². The number of carboxylic acid groups (broad SMARTS) is 1. The van der Waals surface area contributed by atoms with Gasteiger partial charge in [0.25, 0.3) is 0 Å². The summed E-state index contributed by atoms with van der Waals surface area (Å²) in [6.07, 6.45) is 2.76. The van der Waals surface area contributed by atoms with E-state index in [1.54, 1.807) is 6.20 Å². The lowest BCUT2D eigenvalue weighted by Crippen LogP contribution is -2.19. The number of carbonyl (C=O) groups is 1. The second kappa shape index (κ2) is 5.59. The van der Waals surface area contributed by atoms with Crippen LogP contribution in [0.5, 0.6) is 0 Å². The molecule has 4 heteroatoms. The lowest BCUT2D eigenvalue weighted by Gasteiger charge is -2.10. The third kappa shape index (κ3) is 3.39. The van der Waals surface area contributed by atoms with Crippen LogP contribution in [0.1, 0.15) is 10.6 Å². The summed E-state index contributed by atoms with van der Waals surface area (Å²) in [7, 11) is 0. The lowest BCUT2D eigenvalue weighted by molar-refractivity contribution is -0.141. The molecule has 0 saturated carbocycles. The molecule has 1 atom stereocenters. The summed E-state index contributed by atoms with van der Waals surface area (Å²) in [5, 5.41) is 12.0. The average molecular weight is 247 g/mol. The van der Waals surface area contributed by atoms with E-state index < -0.39 is 11.9 Å². The van der Waals surface area contributed by atoms with Crippen molar-refractivity contribution in [1.82, 2.24) is 4.98 Å². The van der Waals surface area contributed by atoms with Crippen molar-refractivity contribution in [3.05, 3.63) is 52.5 Å². The molecule has 0 fully saturated rings. The van der Waals surface area contributed by atoms with Gasteiger partial charge in [-0.3, -0.25) is 4.79 Å². The minimum atomic E-state index is -0.760. The van der Waals surface area contributed by atoms with E-state index in [0.717, 1.165) is 10.6 Å². The first kappa shape index (κ1) is 11.8. The topological polar surface area (TPSA) is 50.2 Å². The van der Waals surface area contributed by atoms with Crippen LogP contribution in [-0.4, -0.2) is 16.1 Å². The van der Waals surface area contributed by atoms with Crippen molar-refractivity contribution in [2.75, 3.05) is 0 Å². The summed E-state index contributed by atoms with van der Waals surface area (Å²) in [6, 6.07) is 9.70. The fraction of sp³-hybridized carbons (Fsp3) is 0.231. The monoisotopic (exact) mass is 247 g/mol. The maximum atomic E-state index is 11.2.